The Labute approximate surface area is 248 Å². The monoisotopic (exact) mass is 598 g/mol. The van der Waals surface area contributed by atoms with Crippen molar-refractivity contribution < 1.29 is 22.7 Å². The summed E-state index contributed by atoms with van der Waals surface area (Å²) in [5, 5.41) is 0.744. The fourth-order valence-electron chi connectivity index (χ4n) is 7.10. The van der Waals surface area contributed by atoms with Crippen LogP contribution in [0.15, 0.2) is 53.4 Å². The van der Waals surface area contributed by atoms with Crippen LogP contribution in [0.2, 0.25) is 5.02 Å². The van der Waals surface area contributed by atoms with Gasteiger partial charge in [0.2, 0.25) is 0 Å². The van der Waals surface area contributed by atoms with Crippen molar-refractivity contribution in [3.63, 3.8) is 0 Å². The molecule has 4 aliphatic rings. The van der Waals surface area contributed by atoms with Crippen LogP contribution in [-0.4, -0.2) is 46.2 Å². The van der Waals surface area contributed by atoms with E-state index in [0.29, 0.717) is 30.1 Å². The summed E-state index contributed by atoms with van der Waals surface area (Å²) in [4.78, 5) is 15.4. The van der Waals surface area contributed by atoms with Crippen LogP contribution in [0.1, 0.15) is 57.6 Å². The van der Waals surface area contributed by atoms with Crippen LogP contribution in [-0.2, 0) is 31.4 Å². The first-order chi connectivity index (χ1) is 19.5. The molecular weight excluding hydrogens is 560 g/mol. The maximum atomic E-state index is 13.5. The Morgan fingerprint density at radius 2 is 1.95 bits per heavy atom. The van der Waals surface area contributed by atoms with E-state index in [9.17, 15) is 13.2 Å². The summed E-state index contributed by atoms with van der Waals surface area (Å²) >= 11 is 6.39. The summed E-state index contributed by atoms with van der Waals surface area (Å²) in [5.74, 6) is 1.31. The third kappa shape index (κ3) is 5.39. The molecule has 1 fully saturated rings. The van der Waals surface area contributed by atoms with Gasteiger partial charge in [-0.25, -0.2) is 13.1 Å². The number of anilines is 1. The SMILES string of the molecule is CC1/C=C/COC(C)(C)C(=O)NS(=O)(=O)c2ccc3c(c2)N(C[C@@H]2CC[C@H]12)C[C@@]1(CCCc2cc(Cl)ccc21)CO3. The number of ether oxygens (including phenoxy) is 2. The lowest BCUT2D eigenvalue weighted by molar-refractivity contribution is -0.139. The second-order valence-corrected chi connectivity index (χ2v) is 14.9. The summed E-state index contributed by atoms with van der Waals surface area (Å²) in [6, 6.07) is 11.1. The maximum absolute atomic E-state index is 13.5. The van der Waals surface area contributed by atoms with Gasteiger partial charge < -0.3 is 14.4 Å². The molecule has 2 aromatic rings. The van der Waals surface area contributed by atoms with Crippen molar-refractivity contribution in [2.75, 3.05) is 31.2 Å². The van der Waals surface area contributed by atoms with Gasteiger partial charge in [-0.05, 0) is 105 Å². The summed E-state index contributed by atoms with van der Waals surface area (Å²) in [5.41, 5.74) is 1.74. The predicted molar refractivity (Wildman–Crippen MR) is 160 cm³/mol. The van der Waals surface area contributed by atoms with Crippen LogP contribution in [0.4, 0.5) is 5.69 Å². The highest BCUT2D eigenvalue weighted by atomic mass is 35.5. The van der Waals surface area contributed by atoms with Crippen molar-refractivity contribution in [2.45, 2.75) is 68.8 Å². The van der Waals surface area contributed by atoms with E-state index in [1.165, 1.54) is 17.2 Å². The first kappa shape index (κ1) is 28.6. The Morgan fingerprint density at radius 1 is 1.12 bits per heavy atom. The maximum Gasteiger partial charge on any atom is 0.265 e. The fourth-order valence-corrected chi connectivity index (χ4v) is 8.41. The predicted octanol–water partition coefficient (Wildman–Crippen LogP) is 5.65. The van der Waals surface area contributed by atoms with Gasteiger partial charge in [0.25, 0.3) is 15.9 Å². The molecule has 220 valence electrons. The zero-order valence-corrected chi connectivity index (χ0v) is 25.6. The van der Waals surface area contributed by atoms with Gasteiger partial charge in [-0.3, -0.25) is 4.79 Å². The number of carbonyl (C=O) groups excluding carboxylic acids is 1. The Bertz CT molecular complexity index is 1490. The third-order valence-electron chi connectivity index (χ3n) is 9.68. The molecule has 4 atom stereocenters. The van der Waals surface area contributed by atoms with Crippen molar-refractivity contribution in [3.05, 3.63) is 64.7 Å². The summed E-state index contributed by atoms with van der Waals surface area (Å²) in [6.07, 6.45) is 9.42. The number of allylic oxidation sites excluding steroid dienone is 1. The number of sulfonamides is 1. The van der Waals surface area contributed by atoms with Gasteiger partial charge in [-0.15, -0.1) is 0 Å². The number of hydrogen-bond donors (Lipinski definition) is 1. The standard InChI is InChI=1S/C32H39ClN2O5S/c1-21-6-5-15-40-31(2,3)30(36)34-41(37,38)25-10-13-29-28(17-25)35(18-23-8-11-26(21)23)19-32(20-39-29)14-4-7-22-16-24(33)9-12-27(22)32/h5-6,9-10,12-13,16-17,21,23,26H,4,7-8,11,14-15,18-20H2,1-3H3,(H,34,36)/b6-5+/t21?,23-,26+,32-/m0/s1. The lowest BCUT2D eigenvalue weighted by atomic mass is 9.66. The smallest absolute Gasteiger partial charge is 0.265 e. The molecule has 2 bridgehead atoms. The van der Waals surface area contributed by atoms with Gasteiger partial charge in [0.05, 0.1) is 23.8 Å². The summed E-state index contributed by atoms with van der Waals surface area (Å²) in [6.45, 7) is 7.69. The molecule has 1 spiro atoms. The number of hydrogen-bond acceptors (Lipinski definition) is 6. The van der Waals surface area contributed by atoms with Gasteiger partial charge in [-0.1, -0.05) is 36.7 Å². The molecule has 0 saturated heterocycles. The third-order valence-corrected chi connectivity index (χ3v) is 11.2. The van der Waals surface area contributed by atoms with E-state index >= 15 is 0 Å². The Hall–Kier alpha value is -2.55. The van der Waals surface area contributed by atoms with Crippen molar-refractivity contribution in [1.82, 2.24) is 4.72 Å². The van der Waals surface area contributed by atoms with Gasteiger partial charge in [0.1, 0.15) is 11.4 Å². The summed E-state index contributed by atoms with van der Waals surface area (Å²) in [7, 11) is -4.14. The zero-order chi connectivity index (χ0) is 29.0. The number of benzene rings is 2. The first-order valence-corrected chi connectivity index (χ1v) is 16.5. The van der Waals surface area contributed by atoms with Crippen molar-refractivity contribution in [2.24, 2.45) is 17.8 Å². The molecule has 2 heterocycles. The molecule has 0 aromatic heterocycles. The lowest BCUT2D eigenvalue weighted by Crippen LogP contribution is -2.49. The minimum Gasteiger partial charge on any atom is -0.490 e. The van der Waals surface area contributed by atoms with Crippen molar-refractivity contribution >= 4 is 33.2 Å². The van der Waals surface area contributed by atoms with Gasteiger partial charge >= 0.3 is 0 Å². The van der Waals surface area contributed by atoms with E-state index < -0.39 is 21.5 Å². The number of nitrogens with one attached hydrogen (secondary N) is 1. The minimum absolute atomic E-state index is 0.0336. The average Bonchev–Trinajstić information content (AvgIpc) is 3.05. The number of nitrogens with zero attached hydrogens (tertiary/aromatic N) is 1. The molecule has 0 radical (unpaired) electrons. The van der Waals surface area contributed by atoms with E-state index in [4.69, 9.17) is 21.1 Å². The number of carbonyl (C=O) groups is 1. The van der Waals surface area contributed by atoms with Gasteiger partial charge in [0.15, 0.2) is 0 Å². The van der Waals surface area contributed by atoms with Crippen LogP contribution >= 0.6 is 11.6 Å². The molecule has 2 aliphatic heterocycles. The van der Waals surface area contributed by atoms with Crippen LogP contribution in [0.3, 0.4) is 0 Å². The Balaban J connectivity index is 1.44. The lowest BCUT2D eigenvalue weighted by Gasteiger charge is -2.46. The molecule has 1 N–H and O–H groups in total. The highest BCUT2D eigenvalue weighted by molar-refractivity contribution is 7.90. The number of halogens is 1. The van der Waals surface area contributed by atoms with Gasteiger partial charge in [0, 0.05) is 23.5 Å². The van der Waals surface area contributed by atoms with E-state index in [0.717, 1.165) is 55.9 Å². The van der Waals surface area contributed by atoms with Crippen LogP contribution < -0.4 is 14.4 Å². The molecular formula is C32H39ClN2O5S. The molecule has 1 amide bonds. The van der Waals surface area contributed by atoms with Crippen LogP contribution in [0.5, 0.6) is 5.75 Å². The van der Waals surface area contributed by atoms with Crippen molar-refractivity contribution in [3.8, 4) is 5.75 Å². The molecule has 7 nitrogen and oxygen atoms in total. The number of fused-ring (bicyclic) bond motifs is 4. The fraction of sp³-hybridized carbons (Fsp3) is 0.531. The molecule has 6 rings (SSSR count). The Kier molecular flexibility index (Phi) is 7.40. The van der Waals surface area contributed by atoms with E-state index in [1.807, 2.05) is 12.1 Å². The molecule has 1 unspecified atom stereocenters. The van der Waals surface area contributed by atoms with Crippen LogP contribution in [0, 0.1) is 17.8 Å². The molecule has 2 aliphatic carbocycles. The molecule has 9 heteroatoms. The number of rotatable bonds is 0. The second-order valence-electron chi connectivity index (χ2n) is 12.8. The average molecular weight is 599 g/mol. The first-order valence-electron chi connectivity index (χ1n) is 14.7. The normalized spacial score (nSPS) is 31.5. The molecule has 41 heavy (non-hydrogen) atoms. The van der Waals surface area contributed by atoms with E-state index in [2.05, 4.69) is 34.8 Å². The van der Waals surface area contributed by atoms with E-state index in [1.54, 1.807) is 26.0 Å². The minimum atomic E-state index is -4.14. The largest absolute Gasteiger partial charge is 0.490 e. The van der Waals surface area contributed by atoms with Crippen LogP contribution in [0.25, 0.3) is 0 Å². The number of aryl methyl sites for hydroxylation is 1. The highest BCUT2D eigenvalue weighted by Gasteiger charge is 2.44. The highest BCUT2D eigenvalue weighted by Crippen LogP contribution is 2.47. The molecule has 1 saturated carbocycles. The van der Waals surface area contributed by atoms with E-state index in [-0.39, 0.29) is 16.9 Å². The topological polar surface area (TPSA) is 84.9 Å². The van der Waals surface area contributed by atoms with Gasteiger partial charge in [-0.2, -0.15) is 0 Å². The quantitative estimate of drug-likeness (QED) is 0.395. The second kappa shape index (κ2) is 10.6. The molecule has 2 aromatic carbocycles. The zero-order valence-electron chi connectivity index (χ0n) is 24.0. The van der Waals surface area contributed by atoms with Crippen molar-refractivity contribution in [1.29, 1.82) is 0 Å². The number of amides is 1. The summed E-state index contributed by atoms with van der Waals surface area (Å²) < 4.78 is 41.5. The Morgan fingerprint density at radius 3 is 2.73 bits per heavy atom.